The number of thioether (sulfide) groups is 1. The number of rotatable bonds is 3. The van der Waals surface area contributed by atoms with E-state index in [-0.39, 0.29) is 24.0 Å². The highest BCUT2D eigenvalue weighted by molar-refractivity contribution is 14.0. The Morgan fingerprint density at radius 1 is 1.17 bits per heavy atom. The van der Waals surface area contributed by atoms with Gasteiger partial charge in [0.05, 0.1) is 6.54 Å². The van der Waals surface area contributed by atoms with E-state index in [0.29, 0.717) is 12.5 Å². The number of guanidine groups is 1. The smallest absolute Gasteiger partial charge is 0.191 e. The molecule has 0 aliphatic carbocycles. The highest BCUT2D eigenvalue weighted by atomic mass is 127. The van der Waals surface area contributed by atoms with E-state index in [1.54, 1.807) is 6.20 Å². The third-order valence-corrected chi connectivity index (χ3v) is 4.62. The van der Waals surface area contributed by atoms with Crippen LogP contribution < -0.4 is 5.73 Å². The lowest BCUT2D eigenvalue weighted by molar-refractivity contribution is 0.455. The normalized spacial score (nSPS) is 15.1. The van der Waals surface area contributed by atoms with E-state index in [0.717, 1.165) is 41.3 Å². The molecule has 1 aromatic carbocycles. The van der Waals surface area contributed by atoms with Crippen LogP contribution in [0.25, 0.3) is 11.1 Å². The quantitative estimate of drug-likeness (QED) is 0.453. The van der Waals surface area contributed by atoms with Crippen LogP contribution in [0.4, 0.5) is 0 Å². The molecule has 1 fully saturated rings. The fourth-order valence-electron chi connectivity index (χ4n) is 2.45. The highest BCUT2D eigenvalue weighted by Crippen LogP contribution is 2.19. The molecule has 0 saturated carbocycles. The van der Waals surface area contributed by atoms with Gasteiger partial charge in [0.1, 0.15) is 0 Å². The van der Waals surface area contributed by atoms with Crippen molar-refractivity contribution in [2.45, 2.75) is 6.54 Å². The summed E-state index contributed by atoms with van der Waals surface area (Å²) >= 11 is 1.97. The van der Waals surface area contributed by atoms with Crippen molar-refractivity contribution in [1.29, 1.82) is 0 Å². The molecule has 0 spiro atoms. The second-order valence-corrected chi connectivity index (χ2v) is 6.44. The minimum absolute atomic E-state index is 0. The number of hydrogen-bond acceptors (Lipinski definition) is 3. The van der Waals surface area contributed by atoms with Gasteiger partial charge in [0.2, 0.25) is 0 Å². The van der Waals surface area contributed by atoms with Gasteiger partial charge in [-0.25, -0.2) is 4.99 Å². The van der Waals surface area contributed by atoms with Crippen LogP contribution in [0.3, 0.4) is 0 Å². The van der Waals surface area contributed by atoms with Gasteiger partial charge in [-0.1, -0.05) is 24.3 Å². The van der Waals surface area contributed by atoms with Crippen LogP contribution in [-0.2, 0) is 6.54 Å². The van der Waals surface area contributed by atoms with Crippen LogP contribution in [0, 0.1) is 0 Å². The first-order valence-electron chi connectivity index (χ1n) is 7.45. The molecule has 2 N–H and O–H groups in total. The maximum Gasteiger partial charge on any atom is 0.191 e. The van der Waals surface area contributed by atoms with Gasteiger partial charge in [0, 0.05) is 37.0 Å². The van der Waals surface area contributed by atoms with Gasteiger partial charge in [-0.05, 0) is 28.8 Å². The molecule has 0 amide bonds. The maximum absolute atomic E-state index is 6.10. The number of hydrogen-bond donors (Lipinski definition) is 1. The van der Waals surface area contributed by atoms with Crippen molar-refractivity contribution < 1.29 is 0 Å². The molecule has 1 aromatic heterocycles. The van der Waals surface area contributed by atoms with E-state index >= 15 is 0 Å². The molecule has 1 aliphatic heterocycles. The van der Waals surface area contributed by atoms with Crippen LogP contribution >= 0.6 is 35.7 Å². The second-order valence-electron chi connectivity index (χ2n) is 5.22. The highest BCUT2D eigenvalue weighted by Gasteiger charge is 2.11. The van der Waals surface area contributed by atoms with Gasteiger partial charge in [-0.2, -0.15) is 11.8 Å². The molecule has 4 nitrogen and oxygen atoms in total. The minimum Gasteiger partial charge on any atom is -0.370 e. The zero-order valence-corrected chi connectivity index (χ0v) is 16.0. The van der Waals surface area contributed by atoms with E-state index in [9.17, 15) is 0 Å². The lowest BCUT2D eigenvalue weighted by Gasteiger charge is -2.27. The van der Waals surface area contributed by atoms with Crippen molar-refractivity contribution in [3.63, 3.8) is 0 Å². The molecule has 1 aliphatic rings. The summed E-state index contributed by atoms with van der Waals surface area (Å²) in [5.41, 5.74) is 9.55. The summed E-state index contributed by atoms with van der Waals surface area (Å²) in [6.45, 7) is 2.61. The number of pyridine rings is 1. The summed E-state index contributed by atoms with van der Waals surface area (Å²) < 4.78 is 0. The largest absolute Gasteiger partial charge is 0.370 e. The Morgan fingerprint density at radius 2 is 1.96 bits per heavy atom. The van der Waals surface area contributed by atoms with E-state index in [1.165, 1.54) is 0 Å². The summed E-state index contributed by atoms with van der Waals surface area (Å²) in [6.07, 6.45) is 3.66. The van der Waals surface area contributed by atoms with Crippen molar-refractivity contribution in [3.8, 4) is 11.1 Å². The Bertz CT molecular complexity index is 642. The number of nitrogens with zero attached hydrogens (tertiary/aromatic N) is 3. The Balaban J connectivity index is 0.00000192. The van der Waals surface area contributed by atoms with Crippen molar-refractivity contribution >= 4 is 41.7 Å². The van der Waals surface area contributed by atoms with Gasteiger partial charge < -0.3 is 10.6 Å². The molecule has 2 aromatic rings. The number of halogens is 1. The molecule has 3 rings (SSSR count). The molecule has 2 heterocycles. The van der Waals surface area contributed by atoms with Crippen LogP contribution in [0.2, 0.25) is 0 Å². The molecule has 0 atom stereocenters. The Hall–Kier alpha value is -1.28. The molecule has 6 heteroatoms. The van der Waals surface area contributed by atoms with E-state index in [2.05, 4.69) is 45.2 Å². The van der Waals surface area contributed by atoms with Gasteiger partial charge in [0.25, 0.3) is 0 Å². The predicted molar refractivity (Wildman–Crippen MR) is 109 cm³/mol. The number of aromatic nitrogens is 1. The van der Waals surface area contributed by atoms with Gasteiger partial charge in [-0.15, -0.1) is 24.0 Å². The lowest BCUT2D eigenvalue weighted by Crippen LogP contribution is -2.42. The topological polar surface area (TPSA) is 54.5 Å². The molecular weight excluding hydrogens is 419 g/mol. The molecule has 0 radical (unpaired) electrons. The average molecular weight is 440 g/mol. The van der Waals surface area contributed by atoms with Crippen LogP contribution in [-0.4, -0.2) is 40.4 Å². The zero-order chi connectivity index (χ0) is 15.2. The standard InChI is InChI=1S/C17H20N4S.HI/c18-17(21-7-9-22-10-8-21)20-12-14-3-1-4-15(11-14)16-5-2-6-19-13-16;/h1-6,11,13H,7-10,12H2,(H2,18,20);1H. The predicted octanol–water partition coefficient (Wildman–Crippen LogP) is 3.23. The van der Waals surface area contributed by atoms with Crippen molar-refractivity contribution in [2.24, 2.45) is 10.7 Å². The molecule has 0 bridgehead atoms. The van der Waals surface area contributed by atoms with E-state index in [4.69, 9.17) is 5.73 Å². The molecule has 23 heavy (non-hydrogen) atoms. The first-order chi connectivity index (χ1) is 10.8. The second kappa shape index (κ2) is 9.12. The number of benzene rings is 1. The van der Waals surface area contributed by atoms with Gasteiger partial charge >= 0.3 is 0 Å². The zero-order valence-electron chi connectivity index (χ0n) is 12.9. The number of aliphatic imine (C=N–C) groups is 1. The fourth-order valence-corrected chi connectivity index (χ4v) is 3.35. The molecule has 122 valence electrons. The minimum atomic E-state index is 0. The molecule has 1 saturated heterocycles. The summed E-state index contributed by atoms with van der Waals surface area (Å²) in [5, 5.41) is 0. The van der Waals surface area contributed by atoms with Crippen molar-refractivity contribution in [1.82, 2.24) is 9.88 Å². The van der Waals surface area contributed by atoms with Crippen LogP contribution in [0.1, 0.15) is 5.56 Å². The Kier molecular flexibility index (Phi) is 7.16. The first kappa shape index (κ1) is 18.1. The third-order valence-electron chi connectivity index (χ3n) is 3.68. The fraction of sp³-hybridized carbons (Fsp3) is 0.294. The molecule has 0 unspecified atom stereocenters. The monoisotopic (exact) mass is 440 g/mol. The van der Waals surface area contributed by atoms with E-state index < -0.39 is 0 Å². The summed E-state index contributed by atoms with van der Waals surface area (Å²) in [5.74, 6) is 2.92. The number of nitrogens with two attached hydrogens (primary N) is 1. The first-order valence-corrected chi connectivity index (χ1v) is 8.60. The van der Waals surface area contributed by atoms with E-state index in [1.807, 2.05) is 24.0 Å². The van der Waals surface area contributed by atoms with Gasteiger partial charge in [-0.3, -0.25) is 4.98 Å². The van der Waals surface area contributed by atoms with Crippen LogP contribution in [0.15, 0.2) is 53.8 Å². The van der Waals surface area contributed by atoms with Crippen molar-refractivity contribution in [2.75, 3.05) is 24.6 Å². The van der Waals surface area contributed by atoms with Gasteiger partial charge in [0.15, 0.2) is 5.96 Å². The molecular formula is C17H21IN4S. The summed E-state index contributed by atoms with van der Waals surface area (Å²) in [6, 6.07) is 12.4. The van der Waals surface area contributed by atoms with Crippen molar-refractivity contribution in [3.05, 3.63) is 54.4 Å². The Labute approximate surface area is 158 Å². The maximum atomic E-state index is 6.10. The lowest BCUT2D eigenvalue weighted by atomic mass is 10.1. The third kappa shape index (κ3) is 5.10. The average Bonchev–Trinajstić information content (AvgIpc) is 2.61. The summed E-state index contributed by atoms with van der Waals surface area (Å²) in [7, 11) is 0. The Morgan fingerprint density at radius 3 is 2.70 bits per heavy atom. The SMILES string of the molecule is I.NC(=NCc1cccc(-c2cccnc2)c1)N1CCSCC1. The summed E-state index contributed by atoms with van der Waals surface area (Å²) in [4.78, 5) is 10.9. The van der Waals surface area contributed by atoms with Crippen LogP contribution in [0.5, 0.6) is 0 Å².